The van der Waals surface area contributed by atoms with Crippen molar-refractivity contribution >= 4 is 55.9 Å². The van der Waals surface area contributed by atoms with Crippen LogP contribution in [0.2, 0.25) is 0 Å². The maximum atomic E-state index is 14.0. The van der Waals surface area contributed by atoms with Crippen molar-refractivity contribution in [3.8, 4) is 0 Å². The van der Waals surface area contributed by atoms with Crippen LogP contribution in [-0.2, 0) is 0 Å². The number of carbonyl (C=O) groups excluding carboxylic acids is 4. The van der Waals surface area contributed by atoms with Crippen molar-refractivity contribution in [1.29, 1.82) is 0 Å². The summed E-state index contributed by atoms with van der Waals surface area (Å²) < 4.78 is 0. The molecular formula is C38H26N2O4. The van der Waals surface area contributed by atoms with E-state index in [2.05, 4.69) is 0 Å². The molecule has 2 atom stereocenters. The minimum atomic E-state index is -0.531. The highest BCUT2D eigenvalue weighted by Crippen LogP contribution is 2.41. The smallest absolute Gasteiger partial charge is 0.261 e. The molecule has 0 bridgehead atoms. The van der Waals surface area contributed by atoms with Crippen molar-refractivity contribution in [3.05, 3.63) is 143 Å². The lowest BCUT2D eigenvalue weighted by Crippen LogP contribution is -2.44. The number of hydrogen-bond donors (Lipinski definition) is 0. The minimum absolute atomic E-state index is 0.310. The third-order valence-corrected chi connectivity index (χ3v) is 9.24. The van der Waals surface area contributed by atoms with Crippen LogP contribution < -0.4 is 0 Å². The van der Waals surface area contributed by atoms with Crippen LogP contribution in [-0.4, -0.2) is 33.4 Å². The van der Waals surface area contributed by atoms with Gasteiger partial charge in [-0.2, -0.15) is 0 Å². The largest absolute Gasteiger partial charge is 0.269 e. The fraction of sp³-hybridized carbons (Fsp3) is 0.105. The van der Waals surface area contributed by atoms with E-state index >= 15 is 0 Å². The molecule has 0 N–H and O–H groups in total. The summed E-state index contributed by atoms with van der Waals surface area (Å²) >= 11 is 0. The van der Waals surface area contributed by atoms with Crippen molar-refractivity contribution < 1.29 is 19.2 Å². The minimum Gasteiger partial charge on any atom is -0.269 e. The topological polar surface area (TPSA) is 74.8 Å². The number of amides is 4. The monoisotopic (exact) mass is 574 g/mol. The Morgan fingerprint density at radius 3 is 1.07 bits per heavy atom. The van der Waals surface area contributed by atoms with Gasteiger partial charge in [-0.05, 0) is 82.9 Å². The molecule has 0 spiro atoms. The molecule has 44 heavy (non-hydrogen) atoms. The number of rotatable bonds is 4. The first-order valence-corrected chi connectivity index (χ1v) is 14.7. The standard InChI is InChI=1S/C38H26N2O4/c1-21(25-13-11-23-7-3-5-9-27(23)19-25)39-35(41)29-15-17-31-34-32(18-16-30(33(29)34)36(39)42)38(44)40(37(31)43)22(2)26-14-12-24-8-4-6-10-28(24)20-26/h3-22H,1-2H3/t21-,22-/m1/s1. The molecule has 0 radical (unpaired) electrons. The molecule has 0 aromatic heterocycles. The molecule has 0 fully saturated rings. The summed E-state index contributed by atoms with van der Waals surface area (Å²) in [6, 6.07) is 33.1. The molecule has 6 heteroatoms. The summed E-state index contributed by atoms with van der Waals surface area (Å²) in [5.74, 6) is -1.78. The van der Waals surface area contributed by atoms with Crippen LogP contribution >= 0.6 is 0 Å². The molecule has 0 saturated heterocycles. The van der Waals surface area contributed by atoms with Crippen molar-refractivity contribution in [2.24, 2.45) is 0 Å². The SMILES string of the molecule is C[C@H](c1ccc2ccccc2c1)N1C(=O)c2ccc3c4c(ccc(c24)C1=O)C(=O)N([C@H](C)c1ccc2ccccc2c1)C3=O. The van der Waals surface area contributed by atoms with Gasteiger partial charge in [-0.25, -0.2) is 0 Å². The first-order valence-electron chi connectivity index (χ1n) is 14.7. The Morgan fingerprint density at radius 2 is 0.727 bits per heavy atom. The predicted octanol–water partition coefficient (Wildman–Crippen LogP) is 7.86. The van der Waals surface area contributed by atoms with E-state index in [9.17, 15) is 19.2 Å². The van der Waals surface area contributed by atoms with E-state index in [0.29, 0.717) is 33.0 Å². The highest BCUT2D eigenvalue weighted by Gasteiger charge is 2.42. The van der Waals surface area contributed by atoms with Gasteiger partial charge in [0.2, 0.25) is 0 Å². The Labute approximate surface area is 253 Å². The second-order valence-electron chi connectivity index (χ2n) is 11.6. The van der Waals surface area contributed by atoms with Gasteiger partial charge in [0.25, 0.3) is 23.6 Å². The molecule has 212 valence electrons. The summed E-state index contributed by atoms with van der Waals surface area (Å²) in [7, 11) is 0. The fourth-order valence-electron chi connectivity index (χ4n) is 6.85. The average molecular weight is 575 g/mol. The van der Waals surface area contributed by atoms with E-state index in [-0.39, 0.29) is 0 Å². The molecule has 8 rings (SSSR count). The highest BCUT2D eigenvalue weighted by molar-refractivity contribution is 6.33. The molecule has 6 aromatic rings. The van der Waals surface area contributed by atoms with Crippen molar-refractivity contribution in [2.75, 3.05) is 0 Å². The molecule has 0 aliphatic carbocycles. The molecule has 6 nitrogen and oxygen atoms in total. The number of carbonyl (C=O) groups is 4. The van der Waals surface area contributed by atoms with Crippen LogP contribution in [0.25, 0.3) is 32.3 Å². The zero-order valence-corrected chi connectivity index (χ0v) is 24.1. The van der Waals surface area contributed by atoms with Crippen LogP contribution in [0, 0.1) is 0 Å². The molecule has 2 aliphatic heterocycles. The maximum absolute atomic E-state index is 14.0. The number of benzene rings is 6. The van der Waals surface area contributed by atoms with Crippen LogP contribution in [0.3, 0.4) is 0 Å². The highest BCUT2D eigenvalue weighted by atomic mass is 16.2. The summed E-state index contributed by atoms with van der Waals surface area (Å²) in [4.78, 5) is 58.5. The molecular weight excluding hydrogens is 548 g/mol. The third kappa shape index (κ3) is 3.61. The van der Waals surface area contributed by atoms with Gasteiger partial charge in [0.15, 0.2) is 0 Å². The van der Waals surface area contributed by atoms with E-state index < -0.39 is 35.7 Å². The van der Waals surface area contributed by atoms with Gasteiger partial charge < -0.3 is 0 Å². The van der Waals surface area contributed by atoms with E-state index in [4.69, 9.17) is 0 Å². The van der Waals surface area contributed by atoms with E-state index in [1.165, 1.54) is 9.80 Å². The van der Waals surface area contributed by atoms with Gasteiger partial charge in [-0.3, -0.25) is 29.0 Å². The van der Waals surface area contributed by atoms with Gasteiger partial charge in [0, 0.05) is 33.0 Å². The van der Waals surface area contributed by atoms with Gasteiger partial charge in [0.05, 0.1) is 12.1 Å². The molecule has 4 amide bonds. The molecule has 6 aromatic carbocycles. The summed E-state index contributed by atoms with van der Waals surface area (Å²) in [6.45, 7) is 3.68. The van der Waals surface area contributed by atoms with Crippen molar-refractivity contribution in [1.82, 2.24) is 9.80 Å². The summed E-state index contributed by atoms with van der Waals surface area (Å²) in [6.07, 6.45) is 0. The Bertz CT molecular complexity index is 2040. The lowest BCUT2D eigenvalue weighted by Gasteiger charge is -2.36. The number of imide groups is 2. The Balaban J connectivity index is 1.20. The van der Waals surface area contributed by atoms with Crippen LogP contribution in [0.4, 0.5) is 0 Å². The van der Waals surface area contributed by atoms with Crippen LogP contribution in [0.1, 0.15) is 78.5 Å². The third-order valence-electron chi connectivity index (χ3n) is 9.24. The second kappa shape index (κ2) is 9.44. The summed E-state index contributed by atoms with van der Waals surface area (Å²) in [5, 5.41) is 4.93. The first kappa shape index (κ1) is 26.0. The van der Waals surface area contributed by atoms with Crippen LogP contribution in [0.5, 0.6) is 0 Å². The lowest BCUT2D eigenvalue weighted by atomic mass is 9.84. The zero-order valence-electron chi connectivity index (χ0n) is 24.1. The molecule has 0 unspecified atom stereocenters. The van der Waals surface area contributed by atoms with Crippen LogP contribution in [0.15, 0.2) is 109 Å². The Morgan fingerprint density at radius 1 is 0.409 bits per heavy atom. The lowest BCUT2D eigenvalue weighted by molar-refractivity contribution is 0.0527. The van der Waals surface area contributed by atoms with Gasteiger partial charge >= 0.3 is 0 Å². The van der Waals surface area contributed by atoms with E-state index in [1.54, 1.807) is 24.3 Å². The normalized spacial score (nSPS) is 15.9. The molecule has 0 saturated carbocycles. The van der Waals surface area contributed by atoms with Gasteiger partial charge in [0.1, 0.15) is 0 Å². The molecule has 2 aliphatic rings. The van der Waals surface area contributed by atoms with E-state index in [0.717, 1.165) is 32.7 Å². The predicted molar refractivity (Wildman–Crippen MR) is 170 cm³/mol. The number of fused-ring (bicyclic) bond motifs is 2. The van der Waals surface area contributed by atoms with Crippen molar-refractivity contribution in [2.45, 2.75) is 25.9 Å². The zero-order chi connectivity index (χ0) is 30.3. The number of hydrogen-bond acceptors (Lipinski definition) is 4. The maximum Gasteiger partial charge on any atom is 0.261 e. The Kier molecular flexibility index (Phi) is 5.59. The van der Waals surface area contributed by atoms with Crippen molar-refractivity contribution in [3.63, 3.8) is 0 Å². The first-order chi connectivity index (χ1) is 21.3. The second-order valence-corrected chi connectivity index (χ2v) is 11.6. The Hall–Kier alpha value is -5.62. The average Bonchev–Trinajstić information content (AvgIpc) is 3.05. The van der Waals surface area contributed by atoms with Gasteiger partial charge in [-0.15, -0.1) is 0 Å². The van der Waals surface area contributed by atoms with Gasteiger partial charge in [-0.1, -0.05) is 72.8 Å². The number of nitrogens with zero attached hydrogens (tertiary/aromatic N) is 2. The van der Waals surface area contributed by atoms with E-state index in [1.807, 2.05) is 98.8 Å². The summed E-state index contributed by atoms with van der Waals surface area (Å²) in [5.41, 5.74) is 2.91. The fourth-order valence-corrected chi connectivity index (χ4v) is 6.85. The molecule has 2 heterocycles. The quantitative estimate of drug-likeness (QED) is 0.201.